The third-order valence-electron chi connectivity index (χ3n) is 2.54. The standard InChI is InChI=1S/C9H20N2O3S/c1-2-10-7-9(12)8-11-3-5-15(13,14)6-4-11/h9-10,12H,2-8H2,1H3. The van der Waals surface area contributed by atoms with E-state index in [0.29, 0.717) is 26.2 Å². The van der Waals surface area contributed by atoms with Crippen LogP contribution in [0.2, 0.25) is 0 Å². The van der Waals surface area contributed by atoms with Gasteiger partial charge in [0, 0.05) is 26.2 Å². The van der Waals surface area contributed by atoms with Gasteiger partial charge < -0.3 is 10.4 Å². The normalized spacial score (nSPS) is 23.9. The van der Waals surface area contributed by atoms with Crippen LogP contribution in [-0.4, -0.2) is 68.8 Å². The monoisotopic (exact) mass is 236 g/mol. The maximum atomic E-state index is 11.2. The van der Waals surface area contributed by atoms with Crippen LogP contribution in [0.3, 0.4) is 0 Å². The van der Waals surface area contributed by atoms with Gasteiger partial charge in [-0.2, -0.15) is 0 Å². The molecule has 0 aliphatic carbocycles. The zero-order valence-corrected chi connectivity index (χ0v) is 9.96. The minimum atomic E-state index is -2.81. The van der Waals surface area contributed by atoms with Crippen LogP contribution in [0.1, 0.15) is 6.92 Å². The van der Waals surface area contributed by atoms with E-state index >= 15 is 0 Å². The Kier molecular flexibility index (Phi) is 4.98. The average molecular weight is 236 g/mol. The van der Waals surface area contributed by atoms with Crippen molar-refractivity contribution in [3.05, 3.63) is 0 Å². The number of hydrogen-bond acceptors (Lipinski definition) is 5. The lowest BCUT2D eigenvalue weighted by molar-refractivity contribution is 0.116. The van der Waals surface area contributed by atoms with Gasteiger partial charge >= 0.3 is 0 Å². The molecule has 6 heteroatoms. The van der Waals surface area contributed by atoms with Crippen molar-refractivity contribution < 1.29 is 13.5 Å². The summed E-state index contributed by atoms with van der Waals surface area (Å²) in [5.41, 5.74) is 0. The van der Waals surface area contributed by atoms with Gasteiger partial charge in [0.25, 0.3) is 0 Å². The molecule has 0 bridgehead atoms. The summed E-state index contributed by atoms with van der Waals surface area (Å²) in [5.74, 6) is 0.446. The van der Waals surface area contributed by atoms with E-state index in [2.05, 4.69) is 5.32 Å². The lowest BCUT2D eigenvalue weighted by Gasteiger charge is -2.28. The molecular formula is C9H20N2O3S. The second-order valence-electron chi connectivity index (χ2n) is 3.91. The average Bonchev–Trinajstić information content (AvgIpc) is 2.18. The Morgan fingerprint density at radius 1 is 1.40 bits per heavy atom. The first-order valence-electron chi connectivity index (χ1n) is 5.35. The van der Waals surface area contributed by atoms with Crippen LogP contribution in [0.5, 0.6) is 0 Å². The second-order valence-corrected chi connectivity index (χ2v) is 6.22. The van der Waals surface area contributed by atoms with Crippen molar-refractivity contribution in [1.29, 1.82) is 0 Å². The maximum absolute atomic E-state index is 11.2. The highest BCUT2D eigenvalue weighted by Crippen LogP contribution is 2.04. The SMILES string of the molecule is CCNCC(O)CN1CCS(=O)(=O)CC1. The summed E-state index contributed by atoms with van der Waals surface area (Å²) in [6, 6.07) is 0. The number of β-amino-alcohol motifs (C(OH)–C–C–N with tert-alkyl or cyclic N) is 1. The Morgan fingerprint density at radius 3 is 2.53 bits per heavy atom. The smallest absolute Gasteiger partial charge is 0.152 e. The van der Waals surface area contributed by atoms with Crippen molar-refractivity contribution in [3.8, 4) is 0 Å². The number of nitrogens with zero attached hydrogens (tertiary/aromatic N) is 1. The van der Waals surface area contributed by atoms with Gasteiger partial charge in [-0.15, -0.1) is 0 Å². The quantitative estimate of drug-likeness (QED) is 0.620. The second kappa shape index (κ2) is 5.79. The first-order valence-corrected chi connectivity index (χ1v) is 7.17. The van der Waals surface area contributed by atoms with E-state index < -0.39 is 15.9 Å². The fraction of sp³-hybridized carbons (Fsp3) is 1.00. The van der Waals surface area contributed by atoms with Crippen molar-refractivity contribution in [2.24, 2.45) is 0 Å². The Balaban J connectivity index is 2.23. The van der Waals surface area contributed by atoms with Crippen LogP contribution in [0.15, 0.2) is 0 Å². The van der Waals surface area contributed by atoms with E-state index in [0.717, 1.165) is 6.54 Å². The molecule has 1 aliphatic heterocycles. The lowest BCUT2D eigenvalue weighted by atomic mass is 10.3. The Morgan fingerprint density at radius 2 is 2.00 bits per heavy atom. The van der Waals surface area contributed by atoms with E-state index in [1.54, 1.807) is 0 Å². The lowest BCUT2D eigenvalue weighted by Crippen LogP contribution is -2.45. The zero-order chi connectivity index (χ0) is 11.3. The van der Waals surface area contributed by atoms with Crippen molar-refractivity contribution in [2.45, 2.75) is 13.0 Å². The summed E-state index contributed by atoms with van der Waals surface area (Å²) in [6.07, 6.45) is -0.411. The van der Waals surface area contributed by atoms with Gasteiger partial charge in [0.15, 0.2) is 9.84 Å². The van der Waals surface area contributed by atoms with Gasteiger partial charge in [0.05, 0.1) is 17.6 Å². The number of nitrogens with one attached hydrogen (secondary N) is 1. The molecule has 1 atom stereocenters. The van der Waals surface area contributed by atoms with Crippen molar-refractivity contribution in [1.82, 2.24) is 10.2 Å². The zero-order valence-electron chi connectivity index (χ0n) is 9.15. The Bertz CT molecular complexity index is 265. The largest absolute Gasteiger partial charge is 0.390 e. The van der Waals surface area contributed by atoms with Gasteiger partial charge in [0.1, 0.15) is 0 Å². The molecule has 1 fully saturated rings. The van der Waals surface area contributed by atoms with Crippen molar-refractivity contribution >= 4 is 9.84 Å². The summed E-state index contributed by atoms with van der Waals surface area (Å²) in [4.78, 5) is 2.00. The molecule has 2 N–H and O–H groups in total. The van der Waals surface area contributed by atoms with Crippen LogP contribution in [0, 0.1) is 0 Å². The Hall–Kier alpha value is -0.170. The molecule has 0 aromatic rings. The first-order chi connectivity index (χ1) is 7.03. The Labute approximate surface area is 91.4 Å². The summed E-state index contributed by atoms with van der Waals surface area (Å²) in [7, 11) is -2.81. The molecule has 1 aliphatic rings. The highest BCUT2D eigenvalue weighted by Gasteiger charge is 2.22. The van der Waals surface area contributed by atoms with Gasteiger partial charge in [-0.3, -0.25) is 4.90 Å². The number of hydrogen-bond donors (Lipinski definition) is 2. The highest BCUT2D eigenvalue weighted by molar-refractivity contribution is 7.91. The van der Waals surface area contributed by atoms with E-state index in [-0.39, 0.29) is 11.5 Å². The van der Waals surface area contributed by atoms with Crippen LogP contribution < -0.4 is 5.32 Å². The number of likely N-dealkylation sites (N-methyl/N-ethyl adjacent to an activating group) is 1. The predicted octanol–water partition coefficient (Wildman–Crippen LogP) is -1.31. The molecule has 0 saturated carbocycles. The molecule has 0 amide bonds. The molecule has 5 nitrogen and oxygen atoms in total. The first kappa shape index (κ1) is 12.9. The van der Waals surface area contributed by atoms with Gasteiger partial charge in [-0.1, -0.05) is 6.92 Å². The molecule has 90 valence electrons. The van der Waals surface area contributed by atoms with Crippen molar-refractivity contribution in [2.75, 3.05) is 44.2 Å². The molecule has 1 rings (SSSR count). The van der Waals surface area contributed by atoms with Gasteiger partial charge in [0.2, 0.25) is 0 Å². The molecule has 1 heterocycles. The molecule has 15 heavy (non-hydrogen) atoms. The summed E-state index contributed by atoms with van der Waals surface area (Å²) >= 11 is 0. The number of aliphatic hydroxyl groups excluding tert-OH is 1. The molecule has 0 aromatic heterocycles. The third kappa shape index (κ3) is 4.92. The third-order valence-corrected chi connectivity index (χ3v) is 4.15. The van der Waals surface area contributed by atoms with Crippen LogP contribution in [0.4, 0.5) is 0 Å². The number of aliphatic hydroxyl groups is 1. The van der Waals surface area contributed by atoms with E-state index in [1.807, 2.05) is 11.8 Å². The van der Waals surface area contributed by atoms with Crippen LogP contribution in [-0.2, 0) is 9.84 Å². The maximum Gasteiger partial charge on any atom is 0.152 e. The molecule has 0 spiro atoms. The highest BCUT2D eigenvalue weighted by atomic mass is 32.2. The van der Waals surface area contributed by atoms with E-state index in [9.17, 15) is 13.5 Å². The number of rotatable bonds is 5. The number of sulfone groups is 1. The van der Waals surface area contributed by atoms with Gasteiger partial charge in [-0.05, 0) is 6.54 Å². The van der Waals surface area contributed by atoms with Crippen LogP contribution in [0.25, 0.3) is 0 Å². The fourth-order valence-corrected chi connectivity index (χ4v) is 2.88. The summed E-state index contributed by atoms with van der Waals surface area (Å²) in [5, 5.41) is 12.7. The molecule has 1 saturated heterocycles. The molecule has 0 aromatic carbocycles. The van der Waals surface area contributed by atoms with Crippen LogP contribution >= 0.6 is 0 Å². The van der Waals surface area contributed by atoms with Crippen molar-refractivity contribution in [3.63, 3.8) is 0 Å². The molecular weight excluding hydrogens is 216 g/mol. The van der Waals surface area contributed by atoms with Gasteiger partial charge in [-0.25, -0.2) is 8.42 Å². The molecule has 1 unspecified atom stereocenters. The summed E-state index contributed by atoms with van der Waals surface area (Å²) < 4.78 is 22.3. The minimum Gasteiger partial charge on any atom is -0.390 e. The van der Waals surface area contributed by atoms with E-state index in [4.69, 9.17) is 0 Å². The molecule has 0 radical (unpaired) electrons. The summed E-state index contributed by atoms with van der Waals surface area (Å²) in [6.45, 7) is 5.05. The predicted molar refractivity (Wildman–Crippen MR) is 59.6 cm³/mol. The topological polar surface area (TPSA) is 69.6 Å². The van der Waals surface area contributed by atoms with E-state index in [1.165, 1.54) is 0 Å². The fourth-order valence-electron chi connectivity index (χ4n) is 1.61. The minimum absolute atomic E-state index is 0.223.